The molecule has 0 aliphatic carbocycles. The number of nitrogens with two attached hydrogens (primary N) is 1. The van der Waals surface area contributed by atoms with E-state index >= 15 is 0 Å². The largest absolute Gasteiger partial charge is 0.381 e. The lowest BCUT2D eigenvalue weighted by Crippen LogP contribution is -2.43. The third-order valence-electron chi connectivity index (χ3n) is 4.76. The van der Waals surface area contributed by atoms with Gasteiger partial charge in [-0.2, -0.15) is 0 Å². The molecule has 1 unspecified atom stereocenters. The van der Waals surface area contributed by atoms with Gasteiger partial charge in [0.2, 0.25) is 5.91 Å². The SMILES string of the molecule is Cc1ccc(Sc2ccc(NC(=O)C(N)C3CCOCC3)cc2)c(C)c1. The lowest BCUT2D eigenvalue weighted by molar-refractivity contribution is -0.119. The van der Waals surface area contributed by atoms with Crippen LogP contribution in [-0.4, -0.2) is 25.2 Å². The number of ether oxygens (including phenoxy) is 1. The molecule has 0 radical (unpaired) electrons. The van der Waals surface area contributed by atoms with Gasteiger partial charge in [0.05, 0.1) is 6.04 Å². The second-order valence-corrected chi connectivity index (χ2v) is 7.98. The first-order valence-electron chi connectivity index (χ1n) is 9.02. The highest BCUT2D eigenvalue weighted by Gasteiger charge is 2.26. The highest BCUT2D eigenvalue weighted by molar-refractivity contribution is 7.99. The van der Waals surface area contributed by atoms with Crippen LogP contribution < -0.4 is 11.1 Å². The van der Waals surface area contributed by atoms with Crippen LogP contribution >= 0.6 is 11.8 Å². The first-order chi connectivity index (χ1) is 12.5. The fourth-order valence-corrected chi connectivity index (χ4v) is 4.04. The molecule has 1 atom stereocenters. The zero-order chi connectivity index (χ0) is 18.5. The van der Waals surface area contributed by atoms with Gasteiger partial charge in [-0.15, -0.1) is 0 Å². The minimum absolute atomic E-state index is 0.119. The van der Waals surface area contributed by atoms with Crippen molar-refractivity contribution in [1.82, 2.24) is 0 Å². The number of benzene rings is 2. The van der Waals surface area contributed by atoms with Crippen LogP contribution in [0.25, 0.3) is 0 Å². The van der Waals surface area contributed by atoms with E-state index in [9.17, 15) is 4.79 Å². The summed E-state index contributed by atoms with van der Waals surface area (Å²) in [5.74, 6) is 0.0785. The van der Waals surface area contributed by atoms with Crippen molar-refractivity contribution in [2.45, 2.75) is 42.5 Å². The number of amides is 1. The second-order valence-electron chi connectivity index (χ2n) is 6.86. The van der Waals surface area contributed by atoms with Crippen LogP contribution in [0.1, 0.15) is 24.0 Å². The summed E-state index contributed by atoms with van der Waals surface area (Å²) in [4.78, 5) is 14.8. The lowest BCUT2D eigenvalue weighted by atomic mass is 9.92. The van der Waals surface area contributed by atoms with Gasteiger partial charge >= 0.3 is 0 Å². The Hall–Kier alpha value is -1.82. The van der Waals surface area contributed by atoms with Crippen molar-refractivity contribution < 1.29 is 9.53 Å². The van der Waals surface area contributed by atoms with E-state index in [0.29, 0.717) is 13.2 Å². The summed E-state index contributed by atoms with van der Waals surface area (Å²) in [5, 5.41) is 2.93. The summed E-state index contributed by atoms with van der Waals surface area (Å²) in [6.45, 7) is 5.61. The predicted molar refractivity (Wildman–Crippen MR) is 107 cm³/mol. The lowest BCUT2D eigenvalue weighted by Gasteiger charge is -2.26. The number of anilines is 1. The van der Waals surface area contributed by atoms with Crippen molar-refractivity contribution in [2.24, 2.45) is 11.7 Å². The van der Waals surface area contributed by atoms with Gasteiger partial charge in [0, 0.05) is 28.7 Å². The minimum Gasteiger partial charge on any atom is -0.381 e. The van der Waals surface area contributed by atoms with Gasteiger partial charge in [0.15, 0.2) is 0 Å². The Morgan fingerprint density at radius 1 is 1.15 bits per heavy atom. The molecule has 1 saturated heterocycles. The molecule has 26 heavy (non-hydrogen) atoms. The fourth-order valence-electron chi connectivity index (χ4n) is 3.16. The molecular formula is C21H26N2O2S. The molecule has 0 spiro atoms. The topological polar surface area (TPSA) is 64.4 Å². The van der Waals surface area contributed by atoms with Crippen LogP contribution in [0.15, 0.2) is 52.3 Å². The fraction of sp³-hybridized carbons (Fsp3) is 0.381. The van der Waals surface area contributed by atoms with Crippen LogP contribution in [0.4, 0.5) is 5.69 Å². The first kappa shape index (κ1) is 19.0. The molecule has 3 N–H and O–H groups in total. The van der Waals surface area contributed by atoms with Crippen LogP contribution in [-0.2, 0) is 9.53 Å². The van der Waals surface area contributed by atoms with E-state index in [4.69, 9.17) is 10.5 Å². The summed E-state index contributed by atoms with van der Waals surface area (Å²) in [5.41, 5.74) is 9.45. The zero-order valence-electron chi connectivity index (χ0n) is 15.3. The van der Waals surface area contributed by atoms with Gasteiger partial charge in [0.1, 0.15) is 0 Å². The summed E-state index contributed by atoms with van der Waals surface area (Å²) in [6, 6.07) is 13.9. The van der Waals surface area contributed by atoms with E-state index in [-0.39, 0.29) is 11.8 Å². The third kappa shape index (κ3) is 4.87. The van der Waals surface area contributed by atoms with E-state index in [0.717, 1.165) is 23.4 Å². The molecule has 1 heterocycles. The van der Waals surface area contributed by atoms with E-state index in [2.05, 4.69) is 37.4 Å². The Morgan fingerprint density at radius 3 is 2.50 bits per heavy atom. The van der Waals surface area contributed by atoms with Crippen LogP contribution in [0.5, 0.6) is 0 Å². The van der Waals surface area contributed by atoms with Crippen molar-refractivity contribution in [2.75, 3.05) is 18.5 Å². The van der Waals surface area contributed by atoms with Crippen LogP contribution in [0, 0.1) is 19.8 Å². The van der Waals surface area contributed by atoms with Crippen molar-refractivity contribution >= 4 is 23.4 Å². The van der Waals surface area contributed by atoms with Gasteiger partial charge in [-0.3, -0.25) is 4.79 Å². The van der Waals surface area contributed by atoms with Gasteiger partial charge in [-0.05, 0) is 68.5 Å². The first-order valence-corrected chi connectivity index (χ1v) is 9.84. The molecule has 1 amide bonds. The quantitative estimate of drug-likeness (QED) is 0.830. The van der Waals surface area contributed by atoms with E-state index in [1.54, 1.807) is 11.8 Å². The van der Waals surface area contributed by atoms with Crippen molar-refractivity contribution in [3.8, 4) is 0 Å². The number of hydrogen-bond donors (Lipinski definition) is 2. The smallest absolute Gasteiger partial charge is 0.241 e. The molecule has 4 nitrogen and oxygen atoms in total. The Labute approximate surface area is 159 Å². The molecule has 1 aliphatic rings. The normalized spacial score (nSPS) is 16.3. The molecule has 0 bridgehead atoms. The predicted octanol–water partition coefficient (Wildman–Crippen LogP) is 4.15. The molecule has 138 valence electrons. The molecule has 1 aliphatic heterocycles. The Balaban J connectivity index is 1.59. The molecule has 5 heteroatoms. The summed E-state index contributed by atoms with van der Waals surface area (Å²) < 4.78 is 5.34. The second kappa shape index (κ2) is 8.71. The molecule has 0 aromatic heterocycles. The monoisotopic (exact) mass is 370 g/mol. The summed E-state index contributed by atoms with van der Waals surface area (Å²) >= 11 is 1.73. The Bertz CT molecular complexity index is 755. The molecular weight excluding hydrogens is 344 g/mol. The molecule has 0 saturated carbocycles. The van der Waals surface area contributed by atoms with Crippen molar-refractivity contribution in [3.63, 3.8) is 0 Å². The standard InChI is InChI=1S/C21H26N2O2S/c1-14-3-8-19(15(2)13-14)26-18-6-4-17(5-7-18)23-21(24)20(22)16-9-11-25-12-10-16/h3-8,13,16,20H,9-12,22H2,1-2H3,(H,23,24). The van der Waals surface area contributed by atoms with Gasteiger partial charge < -0.3 is 15.8 Å². The molecule has 3 rings (SSSR count). The maximum Gasteiger partial charge on any atom is 0.241 e. The Kier molecular flexibility index (Phi) is 6.35. The van der Waals surface area contributed by atoms with Crippen LogP contribution in [0.3, 0.4) is 0 Å². The van der Waals surface area contributed by atoms with Crippen molar-refractivity contribution in [1.29, 1.82) is 0 Å². The zero-order valence-corrected chi connectivity index (χ0v) is 16.1. The summed E-state index contributed by atoms with van der Waals surface area (Å²) in [6.07, 6.45) is 1.69. The number of hydrogen-bond acceptors (Lipinski definition) is 4. The summed E-state index contributed by atoms with van der Waals surface area (Å²) in [7, 11) is 0. The maximum absolute atomic E-state index is 12.4. The third-order valence-corrected chi connectivity index (χ3v) is 5.94. The molecule has 2 aromatic carbocycles. The van der Waals surface area contributed by atoms with Crippen molar-refractivity contribution in [3.05, 3.63) is 53.6 Å². The number of aryl methyl sites for hydroxylation is 2. The van der Waals surface area contributed by atoms with Crippen LogP contribution in [0.2, 0.25) is 0 Å². The van der Waals surface area contributed by atoms with E-state index < -0.39 is 6.04 Å². The number of nitrogens with one attached hydrogen (secondary N) is 1. The maximum atomic E-state index is 12.4. The Morgan fingerprint density at radius 2 is 1.85 bits per heavy atom. The van der Waals surface area contributed by atoms with Gasteiger partial charge in [-0.1, -0.05) is 29.5 Å². The van der Waals surface area contributed by atoms with Gasteiger partial charge in [-0.25, -0.2) is 0 Å². The molecule has 1 fully saturated rings. The average molecular weight is 371 g/mol. The van der Waals surface area contributed by atoms with E-state index in [1.165, 1.54) is 16.0 Å². The highest BCUT2D eigenvalue weighted by atomic mass is 32.2. The number of rotatable bonds is 5. The molecule has 2 aromatic rings. The minimum atomic E-state index is -0.483. The van der Waals surface area contributed by atoms with E-state index in [1.807, 2.05) is 24.3 Å². The number of carbonyl (C=O) groups is 1. The highest BCUT2D eigenvalue weighted by Crippen LogP contribution is 2.31. The number of carbonyl (C=O) groups excluding carboxylic acids is 1. The average Bonchev–Trinajstić information content (AvgIpc) is 2.65. The van der Waals surface area contributed by atoms with Gasteiger partial charge in [0.25, 0.3) is 0 Å².